The zero-order chi connectivity index (χ0) is 8.97. The van der Waals surface area contributed by atoms with Crippen LogP contribution in [0, 0.1) is 0 Å². The molecule has 1 saturated carbocycles. The Bertz CT molecular complexity index is 159. The van der Waals surface area contributed by atoms with Gasteiger partial charge in [0.2, 0.25) is 0 Å². The van der Waals surface area contributed by atoms with E-state index in [0.29, 0.717) is 0 Å². The minimum atomic E-state index is -1.22. The van der Waals surface area contributed by atoms with E-state index in [4.69, 9.17) is 5.11 Å². The monoisotopic (exact) mass is 195 g/mol. The fourth-order valence-electron chi connectivity index (χ4n) is 1.57. The molecule has 70 valence electrons. The Labute approximate surface area is 100 Å². The molecule has 0 amide bonds. The molecule has 1 rings (SSSR count). The van der Waals surface area contributed by atoms with E-state index < -0.39 is 18.6 Å². The fourth-order valence-corrected chi connectivity index (χ4v) is 1.57. The molecule has 1 aliphatic rings. The third-order valence-electron chi connectivity index (χ3n) is 2.26. The molecule has 0 saturated heterocycles. The molecular weight excluding hydrogens is 181 g/mol. The van der Waals surface area contributed by atoms with Crippen molar-refractivity contribution in [2.24, 2.45) is 0 Å². The van der Waals surface area contributed by atoms with Crippen LogP contribution in [0.15, 0.2) is 0 Å². The maximum atomic E-state index is 10.4. The molecule has 0 aromatic rings. The molecule has 0 aromatic heterocycles. The summed E-state index contributed by atoms with van der Waals surface area (Å²) >= 11 is 0. The van der Waals surface area contributed by atoms with Crippen molar-refractivity contribution >= 4 is 5.97 Å². The smallest absolute Gasteiger partial charge is 0.548 e. The van der Waals surface area contributed by atoms with Crippen LogP contribution in [0.4, 0.5) is 0 Å². The van der Waals surface area contributed by atoms with Gasteiger partial charge in [-0.1, -0.05) is 12.8 Å². The van der Waals surface area contributed by atoms with Gasteiger partial charge in [0.15, 0.2) is 0 Å². The van der Waals surface area contributed by atoms with Crippen molar-refractivity contribution in [3.63, 3.8) is 0 Å². The predicted octanol–water partition coefficient (Wildman–Crippen LogP) is -4.37. The largest absolute Gasteiger partial charge is 1.00 e. The molecule has 0 aromatic carbocycles. The minimum Gasteiger partial charge on any atom is -0.548 e. The first-order chi connectivity index (χ1) is 5.74. The number of carbonyl (C=O) groups excluding carboxylic acids is 1. The summed E-state index contributed by atoms with van der Waals surface area (Å²) in [5, 5.41) is 21.9. The normalized spacial score (nSPS) is 19.5. The predicted molar refractivity (Wildman–Crippen MR) is 41.3 cm³/mol. The summed E-state index contributed by atoms with van der Waals surface area (Å²) in [5.41, 5.74) is 0. The fraction of sp³-hybridized carbons (Fsp3) is 0.875. The first-order valence-corrected chi connectivity index (χ1v) is 4.32. The van der Waals surface area contributed by atoms with Gasteiger partial charge in [-0.05, 0) is 12.8 Å². The molecule has 0 bridgehead atoms. The molecule has 2 N–H and O–H groups in total. The van der Waals surface area contributed by atoms with Crippen molar-refractivity contribution in [3.8, 4) is 0 Å². The molecule has 1 unspecified atom stereocenters. The maximum absolute atomic E-state index is 10.4. The van der Waals surface area contributed by atoms with E-state index in [0.717, 1.165) is 25.7 Å². The number of nitrogens with one attached hydrogen (secondary N) is 1. The Morgan fingerprint density at radius 2 is 2.08 bits per heavy atom. The summed E-state index contributed by atoms with van der Waals surface area (Å²) in [6.07, 6.45) is 4.29. The van der Waals surface area contributed by atoms with Gasteiger partial charge in [-0.15, -0.1) is 0 Å². The molecule has 0 heterocycles. The van der Waals surface area contributed by atoms with E-state index in [1.807, 2.05) is 0 Å². The quantitative estimate of drug-likeness (QED) is 0.445. The van der Waals surface area contributed by atoms with Crippen molar-refractivity contribution in [1.29, 1.82) is 0 Å². The molecule has 0 spiro atoms. The molecule has 1 fully saturated rings. The van der Waals surface area contributed by atoms with Crippen LogP contribution in [-0.4, -0.2) is 29.8 Å². The van der Waals surface area contributed by atoms with Gasteiger partial charge in [-0.25, -0.2) is 0 Å². The van der Waals surface area contributed by atoms with Crippen molar-refractivity contribution in [2.45, 2.75) is 37.8 Å². The first kappa shape index (κ1) is 13.4. The first-order valence-electron chi connectivity index (χ1n) is 4.32. The second kappa shape index (κ2) is 6.79. The van der Waals surface area contributed by atoms with Crippen LogP contribution in [0.5, 0.6) is 0 Å². The summed E-state index contributed by atoms with van der Waals surface area (Å²) in [6, 6.07) is -0.645. The molecule has 0 radical (unpaired) electrons. The van der Waals surface area contributed by atoms with E-state index >= 15 is 0 Å². The molecule has 5 heteroatoms. The third kappa shape index (κ3) is 4.42. The van der Waals surface area contributed by atoms with Crippen molar-refractivity contribution in [3.05, 3.63) is 0 Å². The number of carbonyl (C=O) groups is 1. The number of aliphatic hydroxyl groups excluding tert-OH is 1. The van der Waals surface area contributed by atoms with Crippen molar-refractivity contribution in [1.82, 2.24) is 5.32 Å². The van der Waals surface area contributed by atoms with Gasteiger partial charge in [0.05, 0.1) is 18.6 Å². The second-order valence-corrected chi connectivity index (χ2v) is 3.20. The van der Waals surface area contributed by atoms with Gasteiger partial charge in [0.25, 0.3) is 0 Å². The number of carboxylic acid groups (broad SMARTS) is 1. The van der Waals surface area contributed by atoms with Gasteiger partial charge >= 0.3 is 29.6 Å². The van der Waals surface area contributed by atoms with Crippen molar-refractivity contribution < 1.29 is 44.6 Å². The standard InChI is InChI=1S/C8H15NO3.Na/c10-5-7(8(11)12)9-6-3-1-2-4-6;/h6-7,9-10H,1-5H2,(H,11,12);/q;+1/p-1. The van der Waals surface area contributed by atoms with Gasteiger partial charge < -0.3 is 20.3 Å². The van der Waals surface area contributed by atoms with Crippen LogP contribution >= 0.6 is 0 Å². The molecular formula is C8H14NNaO3. The average molecular weight is 195 g/mol. The van der Waals surface area contributed by atoms with Crippen LogP contribution in [0.2, 0.25) is 0 Å². The SMILES string of the molecule is O=C([O-])C(CO)NC1CCCC1.[Na+]. The number of aliphatic carboxylic acids is 1. The van der Waals surface area contributed by atoms with E-state index in [9.17, 15) is 9.90 Å². The van der Waals surface area contributed by atoms with E-state index in [1.165, 1.54) is 0 Å². The minimum absolute atomic E-state index is 0. The van der Waals surface area contributed by atoms with E-state index in [1.54, 1.807) is 0 Å². The summed E-state index contributed by atoms with van der Waals surface area (Å²) in [7, 11) is 0. The zero-order valence-electron chi connectivity index (χ0n) is 7.95. The summed E-state index contributed by atoms with van der Waals surface area (Å²) < 4.78 is 0. The Hall–Kier alpha value is 0.390. The Kier molecular flexibility index (Phi) is 6.99. The van der Waals surface area contributed by atoms with Gasteiger partial charge in [-0.2, -0.15) is 0 Å². The number of rotatable bonds is 4. The van der Waals surface area contributed by atoms with Crippen LogP contribution in [-0.2, 0) is 4.79 Å². The summed E-state index contributed by atoms with van der Waals surface area (Å²) in [6.45, 7) is -0.390. The average Bonchev–Trinajstić information content (AvgIpc) is 2.51. The number of hydrogen-bond acceptors (Lipinski definition) is 4. The Morgan fingerprint density at radius 3 is 2.46 bits per heavy atom. The molecule has 1 aliphatic carbocycles. The zero-order valence-corrected chi connectivity index (χ0v) is 9.95. The van der Waals surface area contributed by atoms with Gasteiger partial charge in [0.1, 0.15) is 0 Å². The second-order valence-electron chi connectivity index (χ2n) is 3.20. The number of hydrogen-bond donors (Lipinski definition) is 2. The molecule has 4 nitrogen and oxygen atoms in total. The van der Waals surface area contributed by atoms with Crippen LogP contribution in [0.1, 0.15) is 25.7 Å². The van der Waals surface area contributed by atoms with Crippen LogP contribution in [0.25, 0.3) is 0 Å². The topological polar surface area (TPSA) is 72.4 Å². The molecule has 0 aliphatic heterocycles. The summed E-state index contributed by atoms with van der Waals surface area (Å²) in [4.78, 5) is 10.4. The molecule has 13 heavy (non-hydrogen) atoms. The van der Waals surface area contributed by atoms with E-state index in [-0.39, 0.29) is 35.6 Å². The third-order valence-corrected chi connectivity index (χ3v) is 2.26. The van der Waals surface area contributed by atoms with Crippen molar-refractivity contribution in [2.75, 3.05) is 6.61 Å². The van der Waals surface area contributed by atoms with Crippen LogP contribution in [0.3, 0.4) is 0 Å². The Balaban J connectivity index is 0.00000144. The number of carboxylic acids is 1. The van der Waals surface area contributed by atoms with Crippen LogP contribution < -0.4 is 40.0 Å². The Morgan fingerprint density at radius 1 is 1.54 bits per heavy atom. The maximum Gasteiger partial charge on any atom is 1.00 e. The summed E-state index contributed by atoms with van der Waals surface area (Å²) in [5.74, 6) is -1.22. The number of aliphatic hydroxyl groups is 1. The van der Waals surface area contributed by atoms with E-state index in [2.05, 4.69) is 5.32 Å². The molecule has 1 atom stereocenters. The van der Waals surface area contributed by atoms with Gasteiger partial charge in [-0.3, -0.25) is 0 Å². The van der Waals surface area contributed by atoms with Gasteiger partial charge in [0, 0.05) is 6.04 Å².